The maximum absolute atomic E-state index is 12.5. The first-order valence-corrected chi connectivity index (χ1v) is 9.42. The fourth-order valence-corrected chi connectivity index (χ4v) is 4.37. The molecular weight excluding hydrogens is 364 g/mol. The lowest BCUT2D eigenvalue weighted by molar-refractivity contribution is 0.0601. The molecule has 130 valence electrons. The number of nitrogens with zero attached hydrogens (tertiary/aromatic N) is 1. The second-order valence-electron chi connectivity index (χ2n) is 5.23. The summed E-state index contributed by atoms with van der Waals surface area (Å²) in [4.78, 5) is 23.0. The van der Waals surface area contributed by atoms with E-state index < -0.39 is 16.0 Å². The number of anilines is 1. The summed E-state index contributed by atoms with van der Waals surface area (Å²) in [7, 11) is -0.912. The molecule has 1 heterocycles. The molecule has 0 bridgehead atoms. The maximum Gasteiger partial charge on any atom is 0.337 e. The van der Waals surface area contributed by atoms with Crippen LogP contribution in [0.2, 0.25) is 0 Å². The standard InChI is InChI=1S/C16H14N2O5S2/c1-18-13-8-7-12(9-14(13)24-16(18)20)25(21,22)17-11-5-3-10(4-6-11)15(19)23-2/h3-9,17H,1-2H3. The van der Waals surface area contributed by atoms with E-state index in [-0.39, 0.29) is 9.77 Å². The number of carbonyl (C=O) groups is 1. The van der Waals surface area contributed by atoms with Crippen LogP contribution in [-0.2, 0) is 21.8 Å². The summed E-state index contributed by atoms with van der Waals surface area (Å²) >= 11 is 0.987. The molecule has 7 nitrogen and oxygen atoms in total. The fourth-order valence-electron chi connectivity index (χ4n) is 2.29. The van der Waals surface area contributed by atoms with E-state index in [2.05, 4.69) is 9.46 Å². The highest BCUT2D eigenvalue weighted by molar-refractivity contribution is 7.92. The van der Waals surface area contributed by atoms with Gasteiger partial charge in [-0.2, -0.15) is 0 Å². The third-order valence-corrected chi connectivity index (χ3v) is 6.01. The van der Waals surface area contributed by atoms with Gasteiger partial charge in [0.15, 0.2) is 0 Å². The molecule has 2 aromatic carbocycles. The number of esters is 1. The number of thiazole rings is 1. The number of methoxy groups -OCH3 is 1. The van der Waals surface area contributed by atoms with Crippen molar-refractivity contribution >= 4 is 43.2 Å². The number of carbonyl (C=O) groups excluding carboxylic acids is 1. The molecule has 0 radical (unpaired) electrons. The summed E-state index contributed by atoms with van der Waals surface area (Å²) in [6.45, 7) is 0. The molecule has 0 aliphatic heterocycles. The Kier molecular flexibility index (Phi) is 4.36. The van der Waals surface area contributed by atoms with Gasteiger partial charge in [-0.05, 0) is 42.5 Å². The molecule has 0 saturated heterocycles. The van der Waals surface area contributed by atoms with Crippen molar-refractivity contribution in [3.05, 3.63) is 57.7 Å². The Morgan fingerprint density at radius 3 is 2.48 bits per heavy atom. The molecule has 1 aromatic heterocycles. The number of aryl methyl sites for hydroxylation is 1. The topological polar surface area (TPSA) is 94.5 Å². The molecule has 0 atom stereocenters. The fraction of sp³-hybridized carbons (Fsp3) is 0.125. The molecule has 3 aromatic rings. The predicted molar refractivity (Wildman–Crippen MR) is 95.7 cm³/mol. The van der Waals surface area contributed by atoms with Crippen LogP contribution in [-0.4, -0.2) is 26.1 Å². The van der Waals surface area contributed by atoms with E-state index in [9.17, 15) is 18.0 Å². The third-order valence-electron chi connectivity index (χ3n) is 3.63. The highest BCUT2D eigenvalue weighted by Crippen LogP contribution is 2.23. The van der Waals surface area contributed by atoms with Crippen LogP contribution in [0.1, 0.15) is 10.4 Å². The molecule has 0 saturated carbocycles. The number of rotatable bonds is 4. The Labute approximate surface area is 147 Å². The van der Waals surface area contributed by atoms with E-state index in [1.807, 2.05) is 0 Å². The van der Waals surface area contributed by atoms with Gasteiger partial charge in [-0.25, -0.2) is 13.2 Å². The van der Waals surface area contributed by atoms with Crippen LogP contribution in [0.15, 0.2) is 52.2 Å². The second-order valence-corrected chi connectivity index (χ2v) is 7.91. The Bertz CT molecular complexity index is 1110. The SMILES string of the molecule is COC(=O)c1ccc(NS(=O)(=O)c2ccc3c(c2)sc(=O)n3C)cc1. The number of hydrogen-bond donors (Lipinski definition) is 1. The first kappa shape index (κ1) is 17.2. The quantitative estimate of drug-likeness (QED) is 0.702. The van der Waals surface area contributed by atoms with Crippen molar-refractivity contribution in [2.75, 3.05) is 11.8 Å². The smallest absolute Gasteiger partial charge is 0.337 e. The second kappa shape index (κ2) is 6.34. The summed E-state index contributed by atoms with van der Waals surface area (Å²) in [5.41, 5.74) is 1.31. The molecule has 0 aliphatic rings. The zero-order valence-electron chi connectivity index (χ0n) is 13.3. The van der Waals surface area contributed by atoms with Gasteiger partial charge in [0.1, 0.15) is 0 Å². The number of ether oxygens (including phenoxy) is 1. The summed E-state index contributed by atoms with van der Waals surface area (Å²) in [6, 6.07) is 10.4. The molecule has 1 N–H and O–H groups in total. The van der Waals surface area contributed by atoms with Gasteiger partial charge in [-0.3, -0.25) is 9.52 Å². The average Bonchev–Trinajstić information content (AvgIpc) is 2.88. The molecular formula is C16H14N2O5S2. The van der Waals surface area contributed by atoms with E-state index in [1.165, 1.54) is 48.1 Å². The average molecular weight is 378 g/mol. The lowest BCUT2D eigenvalue weighted by Gasteiger charge is -2.09. The number of hydrogen-bond acceptors (Lipinski definition) is 6. The summed E-state index contributed by atoms with van der Waals surface area (Å²) in [6.07, 6.45) is 0. The van der Waals surface area contributed by atoms with E-state index in [4.69, 9.17) is 0 Å². The van der Waals surface area contributed by atoms with Crippen LogP contribution in [0, 0.1) is 0 Å². The van der Waals surface area contributed by atoms with E-state index in [0.717, 1.165) is 11.3 Å². The summed E-state index contributed by atoms with van der Waals surface area (Å²) < 4.78 is 34.2. The minimum Gasteiger partial charge on any atom is -0.465 e. The Balaban J connectivity index is 1.91. The van der Waals surface area contributed by atoms with Gasteiger partial charge in [0.2, 0.25) is 0 Å². The van der Waals surface area contributed by atoms with Crippen molar-refractivity contribution in [3.8, 4) is 0 Å². The molecule has 9 heteroatoms. The number of benzene rings is 2. The molecule has 0 spiro atoms. The van der Waals surface area contributed by atoms with Crippen LogP contribution in [0.4, 0.5) is 5.69 Å². The summed E-state index contributed by atoms with van der Waals surface area (Å²) in [5, 5.41) is 0. The van der Waals surface area contributed by atoms with Crippen molar-refractivity contribution in [1.29, 1.82) is 0 Å². The largest absolute Gasteiger partial charge is 0.465 e. The van der Waals surface area contributed by atoms with Gasteiger partial charge in [-0.15, -0.1) is 0 Å². The first-order chi connectivity index (χ1) is 11.8. The van der Waals surface area contributed by atoms with E-state index >= 15 is 0 Å². The number of nitrogens with one attached hydrogen (secondary N) is 1. The molecule has 3 rings (SSSR count). The van der Waals surface area contributed by atoms with Crippen LogP contribution in [0.3, 0.4) is 0 Å². The predicted octanol–water partition coefficient (Wildman–Crippen LogP) is 2.19. The van der Waals surface area contributed by atoms with Gasteiger partial charge in [0.05, 0.1) is 27.8 Å². The van der Waals surface area contributed by atoms with Gasteiger partial charge in [0.25, 0.3) is 10.0 Å². The van der Waals surface area contributed by atoms with Crippen molar-refractivity contribution in [2.24, 2.45) is 7.05 Å². The first-order valence-electron chi connectivity index (χ1n) is 7.12. The lowest BCUT2D eigenvalue weighted by atomic mass is 10.2. The lowest BCUT2D eigenvalue weighted by Crippen LogP contribution is -2.13. The molecule has 0 unspecified atom stereocenters. The Morgan fingerprint density at radius 2 is 1.84 bits per heavy atom. The van der Waals surface area contributed by atoms with Gasteiger partial charge in [-0.1, -0.05) is 11.3 Å². The van der Waals surface area contributed by atoms with Crippen LogP contribution in [0.25, 0.3) is 10.2 Å². The number of aromatic nitrogens is 1. The monoisotopic (exact) mass is 378 g/mol. The normalized spacial score (nSPS) is 11.4. The van der Waals surface area contributed by atoms with Crippen molar-refractivity contribution in [3.63, 3.8) is 0 Å². The molecule has 25 heavy (non-hydrogen) atoms. The number of sulfonamides is 1. The van der Waals surface area contributed by atoms with Crippen LogP contribution >= 0.6 is 11.3 Å². The molecule has 0 fully saturated rings. The molecule has 0 amide bonds. The highest BCUT2D eigenvalue weighted by atomic mass is 32.2. The third kappa shape index (κ3) is 3.28. The minimum absolute atomic E-state index is 0.0545. The van der Waals surface area contributed by atoms with Gasteiger partial charge in [0, 0.05) is 12.7 Å². The van der Waals surface area contributed by atoms with Gasteiger partial charge < -0.3 is 9.30 Å². The van der Waals surface area contributed by atoms with Crippen molar-refractivity contribution < 1.29 is 17.9 Å². The highest BCUT2D eigenvalue weighted by Gasteiger charge is 2.17. The van der Waals surface area contributed by atoms with E-state index in [0.29, 0.717) is 21.5 Å². The van der Waals surface area contributed by atoms with Crippen molar-refractivity contribution in [2.45, 2.75) is 4.90 Å². The molecule has 0 aliphatic carbocycles. The minimum atomic E-state index is -3.82. The number of fused-ring (bicyclic) bond motifs is 1. The summed E-state index contributed by atoms with van der Waals surface area (Å²) in [5.74, 6) is -0.501. The van der Waals surface area contributed by atoms with E-state index in [1.54, 1.807) is 13.1 Å². The van der Waals surface area contributed by atoms with Gasteiger partial charge >= 0.3 is 10.8 Å². The zero-order valence-corrected chi connectivity index (χ0v) is 15.0. The Hall–Kier alpha value is -2.65. The van der Waals surface area contributed by atoms with Crippen LogP contribution < -0.4 is 9.60 Å². The van der Waals surface area contributed by atoms with Crippen LogP contribution in [0.5, 0.6) is 0 Å². The zero-order chi connectivity index (χ0) is 18.2. The van der Waals surface area contributed by atoms with Crippen molar-refractivity contribution in [1.82, 2.24) is 4.57 Å². The Morgan fingerprint density at radius 1 is 1.16 bits per heavy atom. The maximum atomic E-state index is 12.5.